The van der Waals surface area contributed by atoms with Crippen molar-refractivity contribution in [3.63, 3.8) is 0 Å². The van der Waals surface area contributed by atoms with Gasteiger partial charge < -0.3 is 15.0 Å². The minimum atomic E-state index is -0.156. The molecule has 1 aromatic carbocycles. The second-order valence-electron chi connectivity index (χ2n) is 7.86. The minimum Gasteiger partial charge on any atom is -0.493 e. The Morgan fingerprint density at radius 3 is 2.80 bits per heavy atom. The molecule has 0 saturated carbocycles. The molecule has 5 rings (SSSR count). The second kappa shape index (κ2) is 7.60. The number of benzene rings is 1. The first-order valence-electron chi connectivity index (χ1n) is 10.4. The summed E-state index contributed by atoms with van der Waals surface area (Å²) in [7, 11) is 1.62. The molecule has 30 heavy (non-hydrogen) atoms. The lowest BCUT2D eigenvalue weighted by Crippen LogP contribution is -2.47. The fourth-order valence-corrected chi connectivity index (χ4v) is 4.33. The van der Waals surface area contributed by atoms with Crippen molar-refractivity contribution in [1.29, 1.82) is 0 Å². The van der Waals surface area contributed by atoms with Gasteiger partial charge in [0.15, 0.2) is 5.65 Å². The van der Waals surface area contributed by atoms with Gasteiger partial charge in [-0.1, -0.05) is 12.1 Å². The highest BCUT2D eigenvalue weighted by atomic mass is 16.5. The zero-order valence-corrected chi connectivity index (χ0v) is 17.3. The third-order valence-corrected chi connectivity index (χ3v) is 6.23. The summed E-state index contributed by atoms with van der Waals surface area (Å²) >= 11 is 0. The fraction of sp³-hybridized carbons (Fsp3) is 0.409. The molecule has 8 heteroatoms. The predicted octanol–water partition coefficient (Wildman–Crippen LogP) is 1.91. The zero-order chi connectivity index (χ0) is 20.7. The van der Waals surface area contributed by atoms with E-state index >= 15 is 0 Å². The van der Waals surface area contributed by atoms with Gasteiger partial charge in [-0.3, -0.25) is 14.1 Å². The van der Waals surface area contributed by atoms with E-state index in [-0.39, 0.29) is 5.91 Å². The van der Waals surface area contributed by atoms with Crippen LogP contribution in [0.4, 0.5) is 5.82 Å². The molecule has 2 aliphatic heterocycles. The normalized spacial score (nSPS) is 17.6. The maximum absolute atomic E-state index is 12.1. The average Bonchev–Trinajstić information content (AvgIpc) is 3.44. The minimum absolute atomic E-state index is 0.156. The molecule has 1 fully saturated rings. The number of carbonyl (C=O) groups excluding carboxylic acids is 1. The number of anilines is 1. The Hall–Kier alpha value is -3.13. The van der Waals surface area contributed by atoms with Crippen molar-refractivity contribution in [3.8, 4) is 5.75 Å². The van der Waals surface area contributed by atoms with Crippen molar-refractivity contribution in [2.45, 2.75) is 19.4 Å². The van der Waals surface area contributed by atoms with Gasteiger partial charge in [-0.25, -0.2) is 9.97 Å². The van der Waals surface area contributed by atoms with Crippen LogP contribution in [0.5, 0.6) is 5.75 Å². The third-order valence-electron chi connectivity index (χ3n) is 6.23. The number of aromatic nitrogens is 3. The van der Waals surface area contributed by atoms with Gasteiger partial charge >= 0.3 is 0 Å². The summed E-state index contributed by atoms with van der Waals surface area (Å²) in [6.45, 7) is 6.72. The van der Waals surface area contributed by atoms with Crippen molar-refractivity contribution < 1.29 is 9.53 Å². The molecule has 156 valence electrons. The zero-order valence-electron chi connectivity index (χ0n) is 17.3. The quantitative estimate of drug-likeness (QED) is 0.713. The van der Waals surface area contributed by atoms with Gasteiger partial charge in [-0.2, -0.15) is 0 Å². The largest absolute Gasteiger partial charge is 0.493 e. The van der Waals surface area contributed by atoms with Crippen LogP contribution in [0.15, 0.2) is 36.8 Å². The first-order chi connectivity index (χ1) is 14.6. The van der Waals surface area contributed by atoms with Crippen LogP contribution in [0.1, 0.15) is 34.6 Å². The van der Waals surface area contributed by atoms with E-state index in [1.54, 1.807) is 23.8 Å². The maximum Gasteiger partial charge on any atom is 0.269 e. The fourth-order valence-electron chi connectivity index (χ4n) is 4.33. The third kappa shape index (κ3) is 3.27. The molecule has 0 spiro atoms. The van der Waals surface area contributed by atoms with Crippen LogP contribution >= 0.6 is 0 Å². The molecule has 8 nitrogen and oxygen atoms in total. The summed E-state index contributed by atoms with van der Waals surface area (Å²) in [5, 5.41) is 2.66. The van der Waals surface area contributed by atoms with Gasteiger partial charge in [0, 0.05) is 45.7 Å². The molecule has 2 aliphatic rings. The van der Waals surface area contributed by atoms with Gasteiger partial charge in [-0.05, 0) is 24.1 Å². The van der Waals surface area contributed by atoms with Crippen LogP contribution in [0, 0.1) is 0 Å². The molecule has 3 aromatic rings. The summed E-state index contributed by atoms with van der Waals surface area (Å²) in [4.78, 5) is 25.7. The lowest BCUT2D eigenvalue weighted by atomic mass is 10.0. The summed E-state index contributed by atoms with van der Waals surface area (Å²) in [5.41, 5.74) is 3.80. The Bertz CT molecular complexity index is 1090. The summed E-state index contributed by atoms with van der Waals surface area (Å²) in [5.74, 6) is 1.75. The van der Waals surface area contributed by atoms with E-state index in [1.165, 1.54) is 11.1 Å². The maximum atomic E-state index is 12.1. The Morgan fingerprint density at radius 1 is 1.17 bits per heavy atom. The molecule has 1 unspecified atom stereocenters. The van der Waals surface area contributed by atoms with Crippen LogP contribution in [-0.2, 0) is 6.42 Å². The van der Waals surface area contributed by atoms with E-state index in [1.807, 2.05) is 6.20 Å². The van der Waals surface area contributed by atoms with E-state index in [2.05, 4.69) is 50.2 Å². The lowest BCUT2D eigenvalue weighted by Gasteiger charge is -2.38. The predicted molar refractivity (Wildman–Crippen MR) is 114 cm³/mol. The van der Waals surface area contributed by atoms with E-state index in [9.17, 15) is 4.79 Å². The van der Waals surface area contributed by atoms with Gasteiger partial charge in [0.1, 0.15) is 17.3 Å². The molecule has 0 radical (unpaired) electrons. The summed E-state index contributed by atoms with van der Waals surface area (Å²) in [6, 6.07) is 6.98. The molecular formula is C22H26N6O2. The molecule has 1 N–H and O–H groups in total. The number of fused-ring (bicyclic) bond motifs is 2. The van der Waals surface area contributed by atoms with Crippen molar-refractivity contribution in [2.75, 3.05) is 44.7 Å². The van der Waals surface area contributed by atoms with Crippen LogP contribution < -0.4 is 15.0 Å². The molecule has 1 atom stereocenters. The number of imidazole rings is 1. The van der Waals surface area contributed by atoms with Gasteiger partial charge in [0.2, 0.25) is 0 Å². The number of nitrogens with zero attached hydrogens (tertiary/aromatic N) is 5. The topological polar surface area (TPSA) is 75.0 Å². The molecule has 1 saturated heterocycles. The molecule has 1 amide bonds. The highest BCUT2D eigenvalue weighted by molar-refractivity contribution is 5.93. The molecule has 0 aliphatic carbocycles. The molecule has 4 heterocycles. The highest BCUT2D eigenvalue weighted by Gasteiger charge is 2.24. The monoisotopic (exact) mass is 406 g/mol. The van der Waals surface area contributed by atoms with Crippen LogP contribution in [0.2, 0.25) is 0 Å². The van der Waals surface area contributed by atoms with Crippen LogP contribution in [0.3, 0.4) is 0 Å². The Morgan fingerprint density at radius 2 is 2.00 bits per heavy atom. The first kappa shape index (κ1) is 18.9. The lowest BCUT2D eigenvalue weighted by molar-refractivity contribution is 0.0957. The Kier molecular flexibility index (Phi) is 4.78. The smallest absolute Gasteiger partial charge is 0.269 e. The number of carbonyl (C=O) groups is 1. The number of rotatable bonds is 4. The molecular weight excluding hydrogens is 380 g/mol. The Balaban J connectivity index is 1.29. The number of hydrogen-bond acceptors (Lipinski definition) is 6. The average molecular weight is 406 g/mol. The van der Waals surface area contributed by atoms with Gasteiger partial charge in [0.25, 0.3) is 5.91 Å². The summed E-state index contributed by atoms with van der Waals surface area (Å²) in [6.07, 6.45) is 6.23. The molecule has 2 aromatic heterocycles. The van der Waals surface area contributed by atoms with Crippen LogP contribution in [-0.4, -0.2) is 65.0 Å². The van der Waals surface area contributed by atoms with Gasteiger partial charge in [-0.15, -0.1) is 0 Å². The van der Waals surface area contributed by atoms with E-state index < -0.39 is 0 Å². The van der Waals surface area contributed by atoms with Crippen molar-refractivity contribution in [1.82, 2.24) is 24.6 Å². The Labute approximate surface area is 175 Å². The van der Waals surface area contributed by atoms with Crippen molar-refractivity contribution in [2.24, 2.45) is 0 Å². The summed E-state index contributed by atoms with van der Waals surface area (Å²) < 4.78 is 7.55. The number of piperazine rings is 1. The van der Waals surface area contributed by atoms with E-state index in [0.717, 1.165) is 50.8 Å². The number of nitrogens with one attached hydrogen (secondary N) is 1. The second-order valence-corrected chi connectivity index (χ2v) is 7.86. The number of amides is 1. The van der Waals surface area contributed by atoms with E-state index in [0.29, 0.717) is 17.4 Å². The molecule has 0 bridgehead atoms. The SMILES string of the molecule is CNC(=O)c1cnc2cnc(N3CCN(C(C)c4ccc5c(c4)OCC5)CC3)cn12. The van der Waals surface area contributed by atoms with Gasteiger partial charge in [0.05, 0.1) is 25.2 Å². The van der Waals surface area contributed by atoms with Crippen LogP contribution in [0.25, 0.3) is 5.65 Å². The van der Waals surface area contributed by atoms with Crippen molar-refractivity contribution >= 4 is 17.4 Å². The first-order valence-corrected chi connectivity index (χ1v) is 10.4. The standard InChI is InChI=1S/C22H26N6O2/c1-15(17-4-3-16-5-10-30-19(16)11-17)26-6-8-27(9-7-26)21-14-28-18(22(29)23-2)12-24-20(28)13-25-21/h3-4,11-15H,5-10H2,1-2H3,(H,23,29). The van der Waals surface area contributed by atoms with Crippen molar-refractivity contribution in [3.05, 3.63) is 53.6 Å². The highest BCUT2D eigenvalue weighted by Crippen LogP contribution is 2.31. The number of ether oxygens (including phenoxy) is 1. The van der Waals surface area contributed by atoms with E-state index in [4.69, 9.17) is 4.74 Å². The number of hydrogen-bond donors (Lipinski definition) is 1.